The molecular weight excluding hydrogens is 260 g/mol. The summed E-state index contributed by atoms with van der Waals surface area (Å²) in [7, 11) is 0. The van der Waals surface area contributed by atoms with Gasteiger partial charge in [0.05, 0.1) is 12.2 Å². The molecule has 3 nitrogen and oxygen atoms in total. The van der Waals surface area contributed by atoms with E-state index in [1.807, 2.05) is 0 Å². The van der Waals surface area contributed by atoms with E-state index in [4.69, 9.17) is 4.74 Å². The van der Waals surface area contributed by atoms with Gasteiger partial charge in [0.25, 0.3) is 0 Å². The molecule has 0 saturated heterocycles. The number of ether oxygens (including phenoxy) is 1. The molecule has 1 rings (SSSR count). The van der Waals surface area contributed by atoms with Crippen LogP contribution in [-0.4, -0.2) is 23.3 Å². The van der Waals surface area contributed by atoms with Gasteiger partial charge in [0.2, 0.25) is 0 Å². The monoisotopic (exact) mass is 272 g/mol. The molecule has 0 amide bonds. The summed E-state index contributed by atoms with van der Waals surface area (Å²) in [4.78, 5) is 10.4. The molecule has 0 bridgehead atoms. The van der Waals surface area contributed by atoms with Gasteiger partial charge >= 0.3 is 0 Å². The van der Waals surface area contributed by atoms with Gasteiger partial charge in [-0.25, -0.2) is 0 Å². The highest BCUT2D eigenvalue weighted by atomic mass is 79.9. The second-order valence-corrected chi connectivity index (χ2v) is 3.88. The number of carbonyl (C=O) groups excluding carboxylic acids is 1. The predicted molar refractivity (Wildman–Crippen MR) is 62.0 cm³/mol. The Balaban J connectivity index is 2.48. The van der Waals surface area contributed by atoms with Crippen LogP contribution in [0, 0.1) is 0 Å². The van der Waals surface area contributed by atoms with Crippen LogP contribution in [-0.2, 0) is 0 Å². The molecule has 0 saturated carbocycles. The van der Waals surface area contributed by atoms with Crippen LogP contribution in [0.2, 0.25) is 0 Å². The smallest absolute Gasteiger partial charge is 0.153 e. The van der Waals surface area contributed by atoms with Crippen molar-refractivity contribution < 1.29 is 14.6 Å². The Kier molecular flexibility index (Phi) is 5.18. The number of unbranched alkanes of at least 4 members (excludes halogenated alkanes) is 1. The summed E-state index contributed by atoms with van der Waals surface area (Å²) in [6.07, 6.45) is 2.63. The topological polar surface area (TPSA) is 46.5 Å². The number of phenols is 1. The lowest BCUT2D eigenvalue weighted by Gasteiger charge is -2.06. The maximum absolute atomic E-state index is 10.4. The van der Waals surface area contributed by atoms with Crippen LogP contribution in [0.3, 0.4) is 0 Å². The Labute approximate surface area is 97.2 Å². The second kappa shape index (κ2) is 6.45. The van der Waals surface area contributed by atoms with Crippen molar-refractivity contribution in [1.29, 1.82) is 0 Å². The molecule has 82 valence electrons. The van der Waals surface area contributed by atoms with Crippen LogP contribution in [0.25, 0.3) is 0 Å². The molecule has 0 atom stereocenters. The first kappa shape index (κ1) is 12.0. The van der Waals surface area contributed by atoms with E-state index in [0.717, 1.165) is 18.2 Å². The molecule has 0 unspecified atom stereocenters. The Morgan fingerprint density at radius 2 is 2.20 bits per heavy atom. The van der Waals surface area contributed by atoms with Crippen molar-refractivity contribution in [3.05, 3.63) is 23.8 Å². The fourth-order valence-electron chi connectivity index (χ4n) is 1.10. The molecule has 0 heterocycles. The summed E-state index contributed by atoms with van der Waals surface area (Å²) in [6, 6.07) is 4.68. The lowest BCUT2D eigenvalue weighted by Crippen LogP contribution is -1.97. The zero-order chi connectivity index (χ0) is 11.1. The van der Waals surface area contributed by atoms with Gasteiger partial charge in [0.15, 0.2) is 6.29 Å². The Bertz CT molecular complexity index is 326. The average Bonchev–Trinajstić information content (AvgIpc) is 2.25. The average molecular weight is 273 g/mol. The van der Waals surface area contributed by atoms with Crippen LogP contribution in [0.4, 0.5) is 0 Å². The molecule has 1 aromatic carbocycles. The number of alkyl halides is 1. The van der Waals surface area contributed by atoms with Crippen molar-refractivity contribution in [3.8, 4) is 11.5 Å². The highest BCUT2D eigenvalue weighted by molar-refractivity contribution is 9.09. The van der Waals surface area contributed by atoms with Crippen LogP contribution in [0.1, 0.15) is 23.2 Å². The third kappa shape index (κ3) is 3.91. The number of hydrogen-bond acceptors (Lipinski definition) is 3. The van der Waals surface area contributed by atoms with Gasteiger partial charge in [0.1, 0.15) is 11.5 Å². The maximum atomic E-state index is 10.4. The van der Waals surface area contributed by atoms with E-state index in [2.05, 4.69) is 15.9 Å². The van der Waals surface area contributed by atoms with Gasteiger partial charge < -0.3 is 9.84 Å². The fraction of sp³-hybridized carbons (Fsp3) is 0.364. The van der Waals surface area contributed by atoms with E-state index in [1.165, 1.54) is 6.07 Å². The lowest BCUT2D eigenvalue weighted by molar-refractivity contribution is 0.112. The van der Waals surface area contributed by atoms with E-state index in [1.54, 1.807) is 12.1 Å². The SMILES string of the molecule is O=Cc1ccc(OCCCCBr)cc1O. The van der Waals surface area contributed by atoms with Crippen molar-refractivity contribution in [2.75, 3.05) is 11.9 Å². The first-order chi connectivity index (χ1) is 7.27. The third-order valence-electron chi connectivity index (χ3n) is 1.93. The summed E-state index contributed by atoms with van der Waals surface area (Å²) >= 11 is 3.33. The summed E-state index contributed by atoms with van der Waals surface area (Å²) in [5.41, 5.74) is 0.280. The molecule has 0 aromatic heterocycles. The standard InChI is InChI=1S/C11H13BrO3/c12-5-1-2-6-15-10-4-3-9(8-13)11(14)7-10/h3-4,7-8,14H,1-2,5-6H2. The molecule has 0 aliphatic carbocycles. The Hall–Kier alpha value is -1.03. The number of aldehydes is 1. The van der Waals surface area contributed by atoms with Gasteiger partial charge in [-0.05, 0) is 25.0 Å². The Morgan fingerprint density at radius 1 is 1.40 bits per heavy atom. The van der Waals surface area contributed by atoms with Gasteiger partial charge in [-0.15, -0.1) is 0 Å². The summed E-state index contributed by atoms with van der Waals surface area (Å²) < 4.78 is 5.39. The number of hydrogen-bond donors (Lipinski definition) is 1. The van der Waals surface area contributed by atoms with Crippen molar-refractivity contribution in [2.24, 2.45) is 0 Å². The van der Waals surface area contributed by atoms with Crippen LogP contribution in [0.15, 0.2) is 18.2 Å². The third-order valence-corrected chi connectivity index (χ3v) is 2.49. The molecular formula is C11H13BrO3. The molecule has 0 spiro atoms. The normalized spacial score (nSPS) is 9.93. The van der Waals surface area contributed by atoms with E-state index in [9.17, 15) is 9.90 Å². The van der Waals surface area contributed by atoms with E-state index in [0.29, 0.717) is 18.6 Å². The van der Waals surface area contributed by atoms with Crippen LogP contribution >= 0.6 is 15.9 Å². The number of halogens is 1. The van der Waals surface area contributed by atoms with Gasteiger partial charge in [-0.1, -0.05) is 15.9 Å². The molecule has 1 N–H and O–H groups in total. The highest BCUT2D eigenvalue weighted by Gasteiger charge is 2.01. The molecule has 0 aliphatic rings. The molecule has 0 fully saturated rings. The summed E-state index contributed by atoms with van der Waals surface area (Å²) in [5, 5.41) is 10.3. The van der Waals surface area contributed by atoms with Crippen LogP contribution in [0.5, 0.6) is 11.5 Å². The van der Waals surface area contributed by atoms with Crippen LogP contribution < -0.4 is 4.74 Å². The molecule has 0 radical (unpaired) electrons. The minimum absolute atomic E-state index is 0.0389. The second-order valence-electron chi connectivity index (χ2n) is 3.08. The summed E-state index contributed by atoms with van der Waals surface area (Å²) in [6.45, 7) is 0.617. The van der Waals surface area contributed by atoms with Gasteiger partial charge in [0, 0.05) is 11.4 Å². The minimum Gasteiger partial charge on any atom is -0.507 e. The van der Waals surface area contributed by atoms with Crippen molar-refractivity contribution >= 4 is 22.2 Å². The number of benzene rings is 1. The number of aromatic hydroxyl groups is 1. The number of carbonyl (C=O) groups is 1. The van der Waals surface area contributed by atoms with Crippen molar-refractivity contribution in [3.63, 3.8) is 0 Å². The molecule has 1 aromatic rings. The number of rotatable bonds is 6. The van der Waals surface area contributed by atoms with Gasteiger partial charge in [-0.2, -0.15) is 0 Å². The maximum Gasteiger partial charge on any atom is 0.153 e. The fourth-order valence-corrected chi connectivity index (χ4v) is 1.50. The largest absolute Gasteiger partial charge is 0.507 e. The first-order valence-electron chi connectivity index (χ1n) is 4.75. The zero-order valence-corrected chi connectivity index (χ0v) is 9.87. The van der Waals surface area contributed by atoms with E-state index in [-0.39, 0.29) is 11.3 Å². The molecule has 15 heavy (non-hydrogen) atoms. The quantitative estimate of drug-likeness (QED) is 0.492. The summed E-state index contributed by atoms with van der Waals surface area (Å²) in [5.74, 6) is 0.552. The molecule has 4 heteroatoms. The van der Waals surface area contributed by atoms with Crippen molar-refractivity contribution in [1.82, 2.24) is 0 Å². The number of phenolic OH excluding ortho intramolecular Hbond substituents is 1. The lowest BCUT2D eigenvalue weighted by atomic mass is 10.2. The first-order valence-corrected chi connectivity index (χ1v) is 5.87. The minimum atomic E-state index is -0.0389. The van der Waals surface area contributed by atoms with Crippen molar-refractivity contribution in [2.45, 2.75) is 12.8 Å². The predicted octanol–water partition coefficient (Wildman–Crippen LogP) is 2.76. The van der Waals surface area contributed by atoms with E-state index < -0.39 is 0 Å². The zero-order valence-electron chi connectivity index (χ0n) is 8.28. The Morgan fingerprint density at radius 3 is 2.80 bits per heavy atom. The highest BCUT2D eigenvalue weighted by Crippen LogP contribution is 2.22. The van der Waals surface area contributed by atoms with Gasteiger partial charge in [-0.3, -0.25) is 4.79 Å². The van der Waals surface area contributed by atoms with E-state index >= 15 is 0 Å². The molecule has 0 aliphatic heterocycles.